The van der Waals surface area contributed by atoms with Crippen molar-refractivity contribution in [2.75, 3.05) is 23.9 Å². The van der Waals surface area contributed by atoms with Crippen LogP contribution in [0.25, 0.3) is 11.1 Å². The van der Waals surface area contributed by atoms with Crippen LogP contribution in [0, 0.1) is 12.8 Å². The Kier molecular flexibility index (Phi) is 4.27. The second-order valence-electron chi connectivity index (χ2n) is 6.51. The van der Waals surface area contributed by atoms with Gasteiger partial charge in [-0.3, -0.25) is 9.59 Å². The molecule has 1 atom stereocenters. The van der Waals surface area contributed by atoms with Crippen LogP contribution in [0.4, 0.5) is 11.4 Å². The van der Waals surface area contributed by atoms with Crippen molar-refractivity contribution < 1.29 is 18.7 Å². The van der Waals surface area contributed by atoms with Gasteiger partial charge in [0.1, 0.15) is 11.3 Å². The van der Waals surface area contributed by atoms with Crippen LogP contribution < -0.4 is 15.0 Å². The Morgan fingerprint density at radius 1 is 1.26 bits per heavy atom. The molecule has 1 aliphatic rings. The monoisotopic (exact) mass is 365 g/mol. The van der Waals surface area contributed by atoms with Crippen LogP contribution in [0.2, 0.25) is 0 Å². The molecule has 27 heavy (non-hydrogen) atoms. The van der Waals surface area contributed by atoms with Gasteiger partial charge in [-0.25, -0.2) is 4.98 Å². The summed E-state index contributed by atoms with van der Waals surface area (Å²) in [6, 6.07) is 12.5. The largest absolute Gasteiger partial charge is 0.497 e. The highest BCUT2D eigenvalue weighted by Crippen LogP contribution is 2.29. The van der Waals surface area contributed by atoms with Gasteiger partial charge in [0.2, 0.25) is 11.8 Å². The zero-order chi connectivity index (χ0) is 19.0. The lowest BCUT2D eigenvalue weighted by Crippen LogP contribution is -2.28. The Balaban J connectivity index is 1.47. The summed E-state index contributed by atoms with van der Waals surface area (Å²) in [5.41, 5.74) is 2.77. The molecule has 3 aromatic rings. The highest BCUT2D eigenvalue weighted by atomic mass is 16.5. The van der Waals surface area contributed by atoms with E-state index < -0.39 is 5.92 Å². The normalized spacial score (nSPS) is 16.7. The van der Waals surface area contributed by atoms with E-state index in [0.717, 1.165) is 5.69 Å². The number of carbonyl (C=O) groups excluding carboxylic acids is 2. The number of oxazole rings is 1. The van der Waals surface area contributed by atoms with Crippen molar-refractivity contribution in [2.24, 2.45) is 5.92 Å². The maximum Gasteiger partial charge on any atom is 0.229 e. The summed E-state index contributed by atoms with van der Waals surface area (Å²) in [5, 5.41) is 2.86. The molecular weight excluding hydrogens is 346 g/mol. The van der Waals surface area contributed by atoms with E-state index in [1.165, 1.54) is 0 Å². The molecule has 2 heterocycles. The van der Waals surface area contributed by atoms with Crippen LogP contribution in [0.1, 0.15) is 12.3 Å². The third-order valence-electron chi connectivity index (χ3n) is 4.64. The van der Waals surface area contributed by atoms with E-state index in [9.17, 15) is 9.59 Å². The minimum atomic E-state index is -0.408. The average Bonchev–Trinajstić information content (AvgIpc) is 3.23. The smallest absolute Gasteiger partial charge is 0.229 e. The van der Waals surface area contributed by atoms with Crippen LogP contribution in [0.15, 0.2) is 46.9 Å². The van der Waals surface area contributed by atoms with E-state index in [1.807, 2.05) is 12.1 Å². The van der Waals surface area contributed by atoms with Gasteiger partial charge in [0.25, 0.3) is 0 Å². The van der Waals surface area contributed by atoms with Crippen molar-refractivity contribution in [2.45, 2.75) is 13.3 Å². The summed E-state index contributed by atoms with van der Waals surface area (Å²) < 4.78 is 10.6. The summed E-state index contributed by atoms with van der Waals surface area (Å²) in [4.78, 5) is 30.9. The fourth-order valence-corrected chi connectivity index (χ4v) is 3.25. The Labute approximate surface area is 155 Å². The van der Waals surface area contributed by atoms with E-state index in [2.05, 4.69) is 10.3 Å². The number of aromatic nitrogens is 1. The van der Waals surface area contributed by atoms with Crippen molar-refractivity contribution in [1.82, 2.24) is 4.98 Å². The summed E-state index contributed by atoms with van der Waals surface area (Å²) in [7, 11) is 1.59. The molecule has 0 unspecified atom stereocenters. The SMILES string of the molecule is COc1ccc(NC(=O)[C@H]2CC(=O)N(c3ccc4oc(C)nc4c3)C2)cc1. The number of carbonyl (C=O) groups is 2. The minimum Gasteiger partial charge on any atom is -0.497 e. The molecule has 0 spiro atoms. The number of hydrogen-bond acceptors (Lipinski definition) is 5. The topological polar surface area (TPSA) is 84.7 Å². The molecule has 7 nitrogen and oxygen atoms in total. The Morgan fingerprint density at radius 3 is 2.78 bits per heavy atom. The number of anilines is 2. The molecule has 0 aliphatic carbocycles. The number of benzene rings is 2. The lowest BCUT2D eigenvalue weighted by Gasteiger charge is -2.16. The van der Waals surface area contributed by atoms with Crippen LogP contribution >= 0.6 is 0 Å². The van der Waals surface area contributed by atoms with Crippen LogP contribution in [0.5, 0.6) is 5.75 Å². The quantitative estimate of drug-likeness (QED) is 0.768. The number of aryl methyl sites for hydroxylation is 1. The predicted octanol–water partition coefficient (Wildman–Crippen LogP) is 3.14. The highest BCUT2D eigenvalue weighted by molar-refractivity contribution is 6.04. The Bertz CT molecular complexity index is 1010. The fraction of sp³-hybridized carbons (Fsp3) is 0.250. The highest BCUT2D eigenvalue weighted by Gasteiger charge is 2.35. The van der Waals surface area contributed by atoms with Gasteiger partial charge in [-0.15, -0.1) is 0 Å². The van der Waals surface area contributed by atoms with Gasteiger partial charge in [-0.1, -0.05) is 0 Å². The van der Waals surface area contributed by atoms with E-state index in [1.54, 1.807) is 49.3 Å². The van der Waals surface area contributed by atoms with E-state index in [-0.39, 0.29) is 18.2 Å². The van der Waals surface area contributed by atoms with Crippen molar-refractivity contribution >= 4 is 34.3 Å². The number of ether oxygens (including phenoxy) is 1. The Hall–Kier alpha value is -3.35. The molecule has 4 rings (SSSR count). The maximum absolute atomic E-state index is 12.6. The first-order chi connectivity index (χ1) is 13.0. The van der Waals surface area contributed by atoms with E-state index in [0.29, 0.717) is 35.0 Å². The number of fused-ring (bicyclic) bond motifs is 1. The second kappa shape index (κ2) is 6.75. The molecule has 1 fully saturated rings. The molecule has 0 radical (unpaired) electrons. The summed E-state index contributed by atoms with van der Waals surface area (Å²) >= 11 is 0. The van der Waals surface area contributed by atoms with E-state index >= 15 is 0 Å². The molecule has 1 saturated heterocycles. The van der Waals surface area contributed by atoms with Gasteiger partial charge in [-0.2, -0.15) is 0 Å². The van der Waals surface area contributed by atoms with Crippen molar-refractivity contribution in [3.63, 3.8) is 0 Å². The average molecular weight is 365 g/mol. The second-order valence-corrected chi connectivity index (χ2v) is 6.51. The van der Waals surface area contributed by atoms with Gasteiger partial charge < -0.3 is 19.4 Å². The lowest BCUT2D eigenvalue weighted by molar-refractivity contribution is -0.122. The number of rotatable bonds is 4. The molecule has 2 amide bonds. The molecular formula is C20H19N3O4. The standard InChI is InChI=1S/C20H19N3O4/c1-12-21-17-10-15(5-8-18(17)27-12)23-11-13(9-19(23)24)20(25)22-14-3-6-16(26-2)7-4-14/h3-8,10,13H,9,11H2,1-2H3,(H,22,25)/t13-/m0/s1. The summed E-state index contributed by atoms with van der Waals surface area (Å²) in [6.45, 7) is 2.11. The molecule has 1 N–H and O–H groups in total. The molecule has 1 aliphatic heterocycles. The molecule has 2 aromatic carbocycles. The summed E-state index contributed by atoms with van der Waals surface area (Å²) in [5.74, 6) is 0.633. The number of hydrogen-bond donors (Lipinski definition) is 1. The van der Waals surface area contributed by atoms with Crippen molar-refractivity contribution in [3.8, 4) is 5.75 Å². The predicted molar refractivity (Wildman–Crippen MR) is 101 cm³/mol. The molecule has 1 aromatic heterocycles. The molecule has 0 saturated carbocycles. The first-order valence-corrected chi connectivity index (χ1v) is 8.66. The summed E-state index contributed by atoms with van der Waals surface area (Å²) in [6.07, 6.45) is 0.178. The zero-order valence-corrected chi connectivity index (χ0v) is 15.1. The van der Waals surface area contributed by atoms with Gasteiger partial charge in [0.15, 0.2) is 11.5 Å². The lowest BCUT2D eigenvalue weighted by atomic mass is 10.1. The van der Waals surface area contributed by atoms with Crippen LogP contribution in [-0.2, 0) is 9.59 Å². The van der Waals surface area contributed by atoms with Crippen LogP contribution in [-0.4, -0.2) is 30.5 Å². The first-order valence-electron chi connectivity index (χ1n) is 8.66. The zero-order valence-electron chi connectivity index (χ0n) is 15.1. The molecule has 0 bridgehead atoms. The van der Waals surface area contributed by atoms with E-state index in [4.69, 9.17) is 9.15 Å². The number of amides is 2. The first kappa shape index (κ1) is 17.1. The Morgan fingerprint density at radius 2 is 2.04 bits per heavy atom. The maximum atomic E-state index is 12.6. The van der Waals surface area contributed by atoms with Crippen molar-refractivity contribution in [3.05, 3.63) is 48.4 Å². The van der Waals surface area contributed by atoms with Gasteiger partial charge >= 0.3 is 0 Å². The van der Waals surface area contributed by atoms with Gasteiger partial charge in [0.05, 0.1) is 13.0 Å². The number of nitrogens with one attached hydrogen (secondary N) is 1. The van der Waals surface area contributed by atoms with Crippen molar-refractivity contribution in [1.29, 1.82) is 0 Å². The molecule has 138 valence electrons. The minimum absolute atomic E-state index is 0.0792. The van der Waals surface area contributed by atoms with Gasteiger partial charge in [-0.05, 0) is 42.5 Å². The van der Waals surface area contributed by atoms with Gasteiger partial charge in [0, 0.05) is 31.3 Å². The van der Waals surface area contributed by atoms with Crippen LogP contribution in [0.3, 0.4) is 0 Å². The third kappa shape index (κ3) is 3.36. The number of nitrogens with zero attached hydrogens (tertiary/aromatic N) is 2. The third-order valence-corrected chi connectivity index (χ3v) is 4.64. The fourth-order valence-electron chi connectivity index (χ4n) is 3.25. The molecule has 7 heteroatoms. The number of methoxy groups -OCH3 is 1.